The van der Waals surface area contributed by atoms with Crippen molar-refractivity contribution in [3.63, 3.8) is 0 Å². The molecule has 0 spiro atoms. The van der Waals surface area contributed by atoms with E-state index in [1.165, 1.54) is 30.3 Å². The van der Waals surface area contributed by atoms with Crippen LogP contribution in [0, 0.1) is 11.2 Å². The molecule has 1 amide bonds. The van der Waals surface area contributed by atoms with Gasteiger partial charge in [-0.05, 0) is 41.8 Å². The Balaban J connectivity index is 1.81. The van der Waals surface area contributed by atoms with Crippen LogP contribution in [-0.2, 0) is 19.7 Å². The molecule has 11 heteroatoms. The van der Waals surface area contributed by atoms with Crippen molar-refractivity contribution in [1.29, 1.82) is 0 Å². The van der Waals surface area contributed by atoms with Crippen LogP contribution >= 0.6 is 0 Å². The van der Waals surface area contributed by atoms with Crippen LogP contribution in [-0.4, -0.2) is 72.9 Å². The number of hydrogen-bond donors (Lipinski definition) is 0. The second kappa shape index (κ2) is 9.77. The van der Waals surface area contributed by atoms with Gasteiger partial charge in [-0.3, -0.25) is 4.79 Å². The molecule has 0 saturated carbocycles. The number of rotatable bonds is 6. The van der Waals surface area contributed by atoms with Gasteiger partial charge >= 0.3 is 0 Å². The lowest BCUT2D eigenvalue weighted by Gasteiger charge is -2.36. The second-order valence-corrected chi connectivity index (χ2v) is 14.0. The van der Waals surface area contributed by atoms with Gasteiger partial charge in [-0.2, -0.15) is 0 Å². The Morgan fingerprint density at radius 3 is 1.97 bits per heavy atom. The summed E-state index contributed by atoms with van der Waals surface area (Å²) >= 11 is 0. The van der Waals surface area contributed by atoms with Gasteiger partial charge in [-0.15, -0.1) is 0 Å². The third kappa shape index (κ3) is 6.72. The van der Waals surface area contributed by atoms with Gasteiger partial charge in [0.2, 0.25) is 0 Å². The summed E-state index contributed by atoms with van der Waals surface area (Å²) in [4.78, 5) is 16.6. The first-order valence-corrected chi connectivity index (χ1v) is 14.9. The van der Waals surface area contributed by atoms with E-state index in [1.54, 1.807) is 9.80 Å². The maximum absolute atomic E-state index is 14.6. The fraction of sp³-hybridized carbons (Fsp3) is 0.458. The zero-order chi connectivity index (χ0) is 26.2. The van der Waals surface area contributed by atoms with Gasteiger partial charge in [0.05, 0.1) is 27.6 Å². The molecule has 0 unspecified atom stereocenters. The van der Waals surface area contributed by atoms with Crippen LogP contribution in [0.15, 0.2) is 46.2 Å². The number of anilines is 1. The van der Waals surface area contributed by atoms with Gasteiger partial charge in [-0.25, -0.2) is 21.2 Å². The summed E-state index contributed by atoms with van der Waals surface area (Å²) in [5, 5.41) is 0. The average molecular weight is 527 g/mol. The first-order chi connectivity index (χ1) is 16.1. The third-order valence-electron chi connectivity index (χ3n) is 5.53. The summed E-state index contributed by atoms with van der Waals surface area (Å²) in [6, 6.07) is 8.05. The molecule has 0 N–H and O–H groups in total. The van der Waals surface area contributed by atoms with Gasteiger partial charge in [0.15, 0.2) is 19.7 Å². The molecule has 2 aromatic carbocycles. The molecule has 1 aliphatic rings. The molecule has 3 rings (SSSR count). The van der Waals surface area contributed by atoms with Crippen LogP contribution in [0.1, 0.15) is 31.1 Å². The number of carbonyl (C=O) groups is 1. The molecule has 0 radical (unpaired) electrons. The molecule has 0 aromatic heterocycles. The number of carbonyl (C=O) groups excluding carboxylic acids is 1. The molecular weight excluding hydrogens is 495 g/mol. The number of sulfone groups is 2. The predicted octanol–water partition coefficient (Wildman–Crippen LogP) is 3.02. The molecule has 8 nitrogen and oxygen atoms in total. The summed E-state index contributed by atoms with van der Waals surface area (Å²) in [5.74, 6) is -0.708. The Morgan fingerprint density at radius 1 is 0.914 bits per heavy atom. The number of halogens is 1. The van der Waals surface area contributed by atoms with Crippen molar-refractivity contribution in [3.8, 4) is 5.75 Å². The number of ether oxygens (including phenoxy) is 1. The van der Waals surface area contributed by atoms with E-state index in [4.69, 9.17) is 4.74 Å². The number of benzene rings is 2. The highest BCUT2D eigenvalue weighted by atomic mass is 32.2. The Bertz CT molecular complexity index is 1330. The maximum atomic E-state index is 14.6. The highest BCUT2D eigenvalue weighted by Gasteiger charge is 2.27. The second-order valence-electron chi connectivity index (χ2n) is 9.94. The maximum Gasteiger partial charge on any atom is 0.257 e. The number of nitrogens with zero attached hydrogens (tertiary/aromatic N) is 2. The summed E-state index contributed by atoms with van der Waals surface area (Å²) in [5.41, 5.74) is 0.255. The Kier molecular flexibility index (Phi) is 7.52. The summed E-state index contributed by atoms with van der Waals surface area (Å²) < 4.78 is 68.0. The minimum absolute atomic E-state index is 0.0237. The molecule has 2 aromatic rings. The molecular formula is C24H31FN2O6S2. The quantitative estimate of drug-likeness (QED) is 0.570. The smallest absolute Gasteiger partial charge is 0.257 e. The van der Waals surface area contributed by atoms with E-state index in [-0.39, 0.29) is 45.5 Å². The zero-order valence-electron chi connectivity index (χ0n) is 20.5. The van der Waals surface area contributed by atoms with Crippen LogP contribution in [0.4, 0.5) is 10.1 Å². The fourth-order valence-electron chi connectivity index (χ4n) is 3.62. The summed E-state index contributed by atoms with van der Waals surface area (Å²) in [7, 11) is -7.05. The molecule has 192 valence electrons. The van der Waals surface area contributed by atoms with Crippen LogP contribution in [0.25, 0.3) is 0 Å². The monoisotopic (exact) mass is 526 g/mol. The lowest BCUT2D eigenvalue weighted by atomic mass is 9.98. The molecule has 0 bridgehead atoms. The minimum atomic E-state index is -3.53. The Hall–Kier alpha value is -2.66. The van der Waals surface area contributed by atoms with E-state index in [0.29, 0.717) is 25.4 Å². The normalized spacial score (nSPS) is 15.3. The highest BCUT2D eigenvalue weighted by Crippen LogP contribution is 2.28. The number of hydrogen-bond acceptors (Lipinski definition) is 7. The van der Waals surface area contributed by atoms with Crippen molar-refractivity contribution in [2.24, 2.45) is 5.41 Å². The summed E-state index contributed by atoms with van der Waals surface area (Å²) in [6.07, 6.45) is 2.10. The van der Waals surface area contributed by atoms with Gasteiger partial charge in [0.25, 0.3) is 5.91 Å². The molecule has 1 saturated heterocycles. The van der Waals surface area contributed by atoms with Gasteiger partial charge < -0.3 is 14.5 Å². The lowest BCUT2D eigenvalue weighted by Crippen LogP contribution is -2.49. The minimum Gasteiger partial charge on any atom is -0.492 e. The fourth-order valence-corrected chi connectivity index (χ4v) is 4.90. The molecule has 1 heterocycles. The van der Waals surface area contributed by atoms with Crippen molar-refractivity contribution in [2.75, 3.05) is 50.2 Å². The number of amides is 1. The first-order valence-electron chi connectivity index (χ1n) is 11.1. The molecule has 0 aliphatic carbocycles. The van der Waals surface area contributed by atoms with E-state index in [0.717, 1.165) is 18.6 Å². The van der Waals surface area contributed by atoms with Crippen molar-refractivity contribution in [3.05, 3.63) is 47.8 Å². The van der Waals surface area contributed by atoms with Crippen molar-refractivity contribution < 1.29 is 30.8 Å². The van der Waals surface area contributed by atoms with E-state index in [9.17, 15) is 26.0 Å². The standard InChI is InChI=1S/C24H31FN2O6S2/c1-24(2,3)16-33-22-9-7-17(34(4,29)30)14-19(22)23(28)27-12-10-26(11-13-27)21-8-6-18(15-20(21)25)35(5,31)32/h6-9,14-15H,10-13,16H2,1-5H3. The van der Waals surface area contributed by atoms with Crippen LogP contribution < -0.4 is 9.64 Å². The zero-order valence-corrected chi connectivity index (χ0v) is 22.2. The van der Waals surface area contributed by atoms with Gasteiger partial charge in [-0.1, -0.05) is 20.8 Å². The van der Waals surface area contributed by atoms with Crippen LogP contribution in [0.3, 0.4) is 0 Å². The van der Waals surface area contributed by atoms with Gasteiger partial charge in [0.1, 0.15) is 11.6 Å². The van der Waals surface area contributed by atoms with Crippen molar-refractivity contribution in [1.82, 2.24) is 4.90 Å². The topological polar surface area (TPSA) is 101 Å². The lowest BCUT2D eigenvalue weighted by molar-refractivity contribution is 0.0739. The average Bonchev–Trinajstić information content (AvgIpc) is 2.75. The largest absolute Gasteiger partial charge is 0.492 e. The predicted molar refractivity (Wildman–Crippen MR) is 132 cm³/mol. The molecule has 1 fully saturated rings. The third-order valence-corrected chi connectivity index (χ3v) is 7.75. The molecule has 0 atom stereocenters. The Labute approximate surface area is 206 Å². The van der Waals surface area contributed by atoms with E-state index < -0.39 is 25.5 Å². The summed E-state index contributed by atoms with van der Waals surface area (Å²) in [6.45, 7) is 7.49. The van der Waals surface area contributed by atoms with Crippen LogP contribution in [0.5, 0.6) is 5.75 Å². The van der Waals surface area contributed by atoms with Gasteiger partial charge in [0, 0.05) is 38.7 Å². The van der Waals surface area contributed by atoms with Crippen molar-refractivity contribution in [2.45, 2.75) is 30.6 Å². The van der Waals surface area contributed by atoms with E-state index in [2.05, 4.69) is 0 Å². The molecule has 35 heavy (non-hydrogen) atoms. The SMILES string of the molecule is CC(C)(C)COc1ccc(S(C)(=O)=O)cc1C(=O)N1CCN(c2ccc(S(C)(=O)=O)cc2F)CC1. The van der Waals surface area contributed by atoms with Crippen molar-refractivity contribution >= 4 is 31.3 Å². The van der Waals surface area contributed by atoms with E-state index in [1.807, 2.05) is 20.8 Å². The van der Waals surface area contributed by atoms with E-state index >= 15 is 0 Å². The first kappa shape index (κ1) is 26.9. The Morgan fingerprint density at radius 2 is 1.46 bits per heavy atom. The molecule has 1 aliphatic heterocycles. The highest BCUT2D eigenvalue weighted by molar-refractivity contribution is 7.91. The van der Waals surface area contributed by atoms with Crippen LogP contribution in [0.2, 0.25) is 0 Å². The number of piperazine rings is 1.